The molecule has 0 aliphatic carbocycles. The molecule has 26 heavy (non-hydrogen) atoms. The highest BCUT2D eigenvalue weighted by molar-refractivity contribution is 7.80. The number of amides is 2. The molecule has 1 aromatic rings. The molecule has 2 fully saturated rings. The maximum atomic E-state index is 13.1. The molecule has 2 saturated heterocycles. The van der Waals surface area contributed by atoms with Crippen LogP contribution in [0.5, 0.6) is 0 Å². The molecule has 6 nitrogen and oxygen atoms in total. The van der Waals surface area contributed by atoms with Crippen molar-refractivity contribution >= 4 is 41.0 Å². The number of nitrogens with one attached hydrogen (secondary N) is 1. The first-order valence-electron chi connectivity index (χ1n) is 8.73. The molecule has 1 aromatic carbocycles. The van der Waals surface area contributed by atoms with Crippen LogP contribution in [-0.2, 0) is 9.59 Å². The molecule has 1 atom stereocenters. The van der Waals surface area contributed by atoms with Crippen molar-refractivity contribution in [3.05, 3.63) is 30.1 Å². The minimum Gasteiger partial charge on any atom is -0.302 e. The number of carbonyl (C=O) groups is 2. The molecule has 0 spiro atoms. The molecule has 0 radical (unpaired) electrons. The number of halogens is 1. The Morgan fingerprint density at radius 3 is 2.58 bits per heavy atom. The van der Waals surface area contributed by atoms with Crippen LogP contribution in [0.15, 0.2) is 29.3 Å². The van der Waals surface area contributed by atoms with E-state index in [-0.39, 0.29) is 5.11 Å². The summed E-state index contributed by atoms with van der Waals surface area (Å²) in [6.07, 6.45) is 5.07. The second-order valence-electron chi connectivity index (χ2n) is 6.38. The fourth-order valence-electron chi connectivity index (χ4n) is 3.12. The second kappa shape index (κ2) is 8.46. The largest absolute Gasteiger partial charge is 0.302 e. The first-order valence-corrected chi connectivity index (χ1v) is 9.14. The van der Waals surface area contributed by atoms with Crippen LogP contribution in [0.3, 0.4) is 0 Å². The summed E-state index contributed by atoms with van der Waals surface area (Å²) in [5.41, 5.74) is 0.410. The van der Waals surface area contributed by atoms with Crippen LogP contribution in [0.25, 0.3) is 0 Å². The zero-order valence-corrected chi connectivity index (χ0v) is 15.2. The molecule has 138 valence electrons. The third-order valence-corrected chi connectivity index (χ3v) is 4.82. The van der Waals surface area contributed by atoms with Gasteiger partial charge in [0.2, 0.25) is 5.91 Å². The Kier molecular flexibility index (Phi) is 6.05. The van der Waals surface area contributed by atoms with E-state index in [4.69, 9.17) is 12.2 Å². The van der Waals surface area contributed by atoms with Crippen LogP contribution in [0.1, 0.15) is 19.3 Å². The van der Waals surface area contributed by atoms with Crippen molar-refractivity contribution in [1.29, 1.82) is 0 Å². The molecule has 0 aromatic heterocycles. The molecule has 8 heteroatoms. The third kappa shape index (κ3) is 4.31. The number of aliphatic imine (C=N–C) groups is 1. The second-order valence-corrected chi connectivity index (χ2v) is 6.77. The van der Waals surface area contributed by atoms with Crippen molar-refractivity contribution in [2.45, 2.75) is 19.3 Å². The number of hydrogen-bond donors (Lipinski definition) is 1. The van der Waals surface area contributed by atoms with Gasteiger partial charge in [-0.1, -0.05) is 6.42 Å². The first kappa shape index (κ1) is 18.6. The summed E-state index contributed by atoms with van der Waals surface area (Å²) in [4.78, 5) is 32.7. The van der Waals surface area contributed by atoms with Gasteiger partial charge in [0.25, 0.3) is 5.91 Å². The molecular weight excluding hydrogens is 355 g/mol. The molecule has 2 amide bonds. The molecule has 0 unspecified atom stereocenters. The molecule has 2 aliphatic rings. The zero-order chi connectivity index (χ0) is 18.5. The summed E-state index contributed by atoms with van der Waals surface area (Å²) in [6, 6.07) is 5.37. The SMILES string of the molecule is O=C1NC(=S)N(c2ccc(F)cc2)C(=O)[C@@H]1C=NCCN1CCCCC1. The van der Waals surface area contributed by atoms with Gasteiger partial charge in [-0.3, -0.25) is 19.5 Å². The van der Waals surface area contributed by atoms with Crippen molar-refractivity contribution in [2.24, 2.45) is 10.9 Å². The highest BCUT2D eigenvalue weighted by Crippen LogP contribution is 2.20. The van der Waals surface area contributed by atoms with Crippen LogP contribution in [0.4, 0.5) is 10.1 Å². The fourth-order valence-corrected chi connectivity index (χ4v) is 3.41. The smallest absolute Gasteiger partial charge is 0.251 e. The number of piperidine rings is 1. The normalized spacial score (nSPS) is 22.1. The zero-order valence-electron chi connectivity index (χ0n) is 14.4. The van der Waals surface area contributed by atoms with Gasteiger partial charge in [0.15, 0.2) is 11.0 Å². The molecule has 2 aliphatic heterocycles. The molecular formula is C18H21FN4O2S. The number of carbonyl (C=O) groups excluding carboxylic acids is 2. The van der Waals surface area contributed by atoms with Crippen molar-refractivity contribution in [3.63, 3.8) is 0 Å². The van der Waals surface area contributed by atoms with Crippen LogP contribution in [0, 0.1) is 11.7 Å². The van der Waals surface area contributed by atoms with E-state index in [2.05, 4.69) is 15.2 Å². The summed E-state index contributed by atoms with van der Waals surface area (Å²) >= 11 is 5.10. The standard InChI is InChI=1S/C18H21FN4O2S/c19-13-4-6-14(7-5-13)23-17(25)15(16(24)21-18(23)26)12-20-8-11-22-9-2-1-3-10-22/h4-7,12,15H,1-3,8-11H2,(H,21,24,26)/t15-/m1/s1. The Hall–Kier alpha value is -2.19. The highest BCUT2D eigenvalue weighted by Gasteiger charge is 2.38. The molecule has 2 heterocycles. The molecule has 0 saturated carbocycles. The molecule has 0 bridgehead atoms. The van der Waals surface area contributed by atoms with Gasteiger partial charge in [-0.25, -0.2) is 4.39 Å². The summed E-state index contributed by atoms with van der Waals surface area (Å²) in [7, 11) is 0. The van der Waals surface area contributed by atoms with Gasteiger partial charge in [0.1, 0.15) is 5.82 Å². The lowest BCUT2D eigenvalue weighted by Crippen LogP contribution is -2.58. The minimum atomic E-state index is -1.03. The van der Waals surface area contributed by atoms with Gasteiger partial charge in [-0.05, 0) is 62.4 Å². The minimum absolute atomic E-state index is 0.00965. The Balaban J connectivity index is 1.65. The van der Waals surface area contributed by atoms with E-state index in [0.29, 0.717) is 12.2 Å². The summed E-state index contributed by atoms with van der Waals surface area (Å²) in [6.45, 7) is 3.51. The average Bonchev–Trinajstić information content (AvgIpc) is 2.63. The number of hydrogen-bond acceptors (Lipinski definition) is 5. The number of rotatable bonds is 5. The van der Waals surface area contributed by atoms with Crippen LogP contribution in [0.2, 0.25) is 0 Å². The van der Waals surface area contributed by atoms with Crippen LogP contribution >= 0.6 is 12.2 Å². The van der Waals surface area contributed by atoms with E-state index in [1.807, 2.05) is 0 Å². The van der Waals surface area contributed by atoms with Gasteiger partial charge < -0.3 is 10.2 Å². The van der Waals surface area contributed by atoms with E-state index in [0.717, 1.165) is 19.6 Å². The first-order chi connectivity index (χ1) is 12.6. The predicted molar refractivity (Wildman–Crippen MR) is 102 cm³/mol. The summed E-state index contributed by atoms with van der Waals surface area (Å²) in [5, 5.41) is 2.51. The van der Waals surface area contributed by atoms with E-state index < -0.39 is 23.5 Å². The lowest BCUT2D eigenvalue weighted by atomic mass is 10.1. The van der Waals surface area contributed by atoms with Crippen molar-refractivity contribution in [1.82, 2.24) is 10.2 Å². The molecule has 3 rings (SSSR count). The van der Waals surface area contributed by atoms with Crippen molar-refractivity contribution < 1.29 is 14.0 Å². The monoisotopic (exact) mass is 376 g/mol. The lowest BCUT2D eigenvalue weighted by Gasteiger charge is -2.31. The third-order valence-electron chi connectivity index (χ3n) is 4.54. The Labute approximate surface area is 157 Å². The van der Waals surface area contributed by atoms with Gasteiger partial charge in [-0.2, -0.15) is 0 Å². The quantitative estimate of drug-likeness (QED) is 0.483. The number of likely N-dealkylation sites (tertiary alicyclic amines) is 1. The molecule has 1 N–H and O–H groups in total. The van der Waals surface area contributed by atoms with Gasteiger partial charge >= 0.3 is 0 Å². The summed E-state index contributed by atoms with van der Waals surface area (Å²) < 4.78 is 13.1. The van der Waals surface area contributed by atoms with Gasteiger partial charge in [-0.15, -0.1) is 0 Å². The number of nitrogens with zero attached hydrogens (tertiary/aromatic N) is 3. The summed E-state index contributed by atoms with van der Waals surface area (Å²) in [5.74, 6) is -2.41. The van der Waals surface area contributed by atoms with E-state index in [9.17, 15) is 14.0 Å². The maximum Gasteiger partial charge on any atom is 0.251 e. The van der Waals surface area contributed by atoms with Gasteiger partial charge in [0.05, 0.1) is 12.2 Å². The van der Waals surface area contributed by atoms with E-state index >= 15 is 0 Å². The number of benzene rings is 1. The highest BCUT2D eigenvalue weighted by atomic mass is 32.1. The Morgan fingerprint density at radius 1 is 1.19 bits per heavy atom. The van der Waals surface area contributed by atoms with Crippen molar-refractivity contribution in [2.75, 3.05) is 31.1 Å². The Morgan fingerprint density at radius 2 is 1.88 bits per heavy atom. The fraction of sp³-hybridized carbons (Fsp3) is 0.444. The predicted octanol–water partition coefficient (Wildman–Crippen LogP) is 1.75. The lowest BCUT2D eigenvalue weighted by molar-refractivity contribution is -0.130. The van der Waals surface area contributed by atoms with E-state index in [1.54, 1.807) is 0 Å². The Bertz CT molecular complexity index is 716. The van der Waals surface area contributed by atoms with Crippen LogP contribution < -0.4 is 10.2 Å². The van der Waals surface area contributed by atoms with Crippen molar-refractivity contribution in [3.8, 4) is 0 Å². The average molecular weight is 376 g/mol. The van der Waals surface area contributed by atoms with E-state index in [1.165, 1.54) is 54.6 Å². The topological polar surface area (TPSA) is 65.0 Å². The number of thiocarbonyl (C=S) groups is 1. The van der Waals surface area contributed by atoms with Crippen LogP contribution in [-0.4, -0.2) is 54.2 Å². The van der Waals surface area contributed by atoms with Gasteiger partial charge in [0, 0.05) is 12.8 Å². The number of anilines is 1. The maximum absolute atomic E-state index is 13.1.